The molecule has 2 aromatic rings. The lowest BCUT2D eigenvalue weighted by Crippen LogP contribution is -2.38. The molecule has 1 amide bonds. The molecule has 1 aliphatic carbocycles. The van der Waals surface area contributed by atoms with Gasteiger partial charge in [0.2, 0.25) is 0 Å². The molecule has 138 valence electrons. The lowest BCUT2D eigenvalue weighted by molar-refractivity contribution is -0.129. The smallest absolute Gasteiger partial charge is 0.340 e. The standard InChI is InChI=1S/C19H24N4O3/c1-14(18(24)21-12-15-6-3-2-4-7-15)26-19(25)16-8-9-17(20-13-16)23-11-5-10-22-23/h5,8-11,13-15H,2-4,6-7,12H2,1H3,(H,21,24). The third kappa shape index (κ3) is 4.68. The molecule has 2 heterocycles. The van der Waals surface area contributed by atoms with Gasteiger partial charge in [-0.05, 0) is 43.9 Å². The van der Waals surface area contributed by atoms with Crippen LogP contribution in [0.1, 0.15) is 49.4 Å². The van der Waals surface area contributed by atoms with Gasteiger partial charge in [0.1, 0.15) is 0 Å². The van der Waals surface area contributed by atoms with Crippen molar-refractivity contribution >= 4 is 11.9 Å². The predicted octanol–water partition coefficient (Wildman–Crippen LogP) is 2.51. The van der Waals surface area contributed by atoms with E-state index in [1.54, 1.807) is 42.2 Å². The molecule has 1 atom stereocenters. The first kappa shape index (κ1) is 18.1. The first-order valence-corrected chi connectivity index (χ1v) is 9.08. The summed E-state index contributed by atoms with van der Waals surface area (Å²) in [5, 5.41) is 6.97. The zero-order chi connectivity index (χ0) is 18.4. The van der Waals surface area contributed by atoms with Crippen LogP contribution in [0.15, 0.2) is 36.8 Å². The van der Waals surface area contributed by atoms with E-state index >= 15 is 0 Å². The number of esters is 1. The number of carbonyl (C=O) groups is 2. The fraction of sp³-hybridized carbons (Fsp3) is 0.474. The lowest BCUT2D eigenvalue weighted by atomic mass is 9.89. The number of nitrogens with zero attached hydrogens (tertiary/aromatic N) is 3. The highest BCUT2D eigenvalue weighted by Gasteiger charge is 2.21. The highest BCUT2D eigenvalue weighted by atomic mass is 16.5. The number of nitrogens with one attached hydrogen (secondary N) is 1. The van der Waals surface area contributed by atoms with Crippen molar-refractivity contribution in [2.45, 2.75) is 45.1 Å². The maximum absolute atomic E-state index is 12.2. The van der Waals surface area contributed by atoms with E-state index in [-0.39, 0.29) is 5.91 Å². The molecular formula is C19H24N4O3. The number of ether oxygens (including phenoxy) is 1. The minimum absolute atomic E-state index is 0.259. The molecule has 1 aliphatic rings. The van der Waals surface area contributed by atoms with Gasteiger partial charge in [-0.1, -0.05) is 19.3 Å². The molecule has 1 unspecified atom stereocenters. The van der Waals surface area contributed by atoms with Gasteiger partial charge in [-0.25, -0.2) is 14.5 Å². The van der Waals surface area contributed by atoms with Gasteiger partial charge in [0.25, 0.3) is 5.91 Å². The monoisotopic (exact) mass is 356 g/mol. The molecular weight excluding hydrogens is 332 g/mol. The Morgan fingerprint density at radius 1 is 1.31 bits per heavy atom. The number of aromatic nitrogens is 3. The Morgan fingerprint density at radius 2 is 2.12 bits per heavy atom. The van der Waals surface area contributed by atoms with Gasteiger partial charge in [0.15, 0.2) is 11.9 Å². The number of amides is 1. The van der Waals surface area contributed by atoms with Crippen molar-refractivity contribution in [1.29, 1.82) is 0 Å². The Hall–Kier alpha value is -2.70. The van der Waals surface area contributed by atoms with Crippen LogP contribution >= 0.6 is 0 Å². The van der Waals surface area contributed by atoms with E-state index in [9.17, 15) is 9.59 Å². The molecule has 0 bridgehead atoms. The summed E-state index contributed by atoms with van der Waals surface area (Å²) in [6.45, 7) is 2.24. The summed E-state index contributed by atoms with van der Waals surface area (Å²) in [7, 11) is 0. The van der Waals surface area contributed by atoms with Crippen molar-refractivity contribution in [3.63, 3.8) is 0 Å². The largest absolute Gasteiger partial charge is 0.449 e. The summed E-state index contributed by atoms with van der Waals surface area (Å²) >= 11 is 0. The number of hydrogen-bond donors (Lipinski definition) is 1. The normalized spacial score (nSPS) is 16.0. The van der Waals surface area contributed by atoms with Crippen molar-refractivity contribution in [3.05, 3.63) is 42.4 Å². The van der Waals surface area contributed by atoms with E-state index in [1.165, 1.54) is 25.5 Å². The van der Waals surface area contributed by atoms with E-state index in [0.717, 1.165) is 12.8 Å². The molecule has 0 spiro atoms. The Bertz CT molecular complexity index is 722. The van der Waals surface area contributed by atoms with Crippen LogP contribution in [0.3, 0.4) is 0 Å². The van der Waals surface area contributed by atoms with Gasteiger partial charge in [0.05, 0.1) is 5.56 Å². The molecule has 0 radical (unpaired) electrons. The second-order valence-electron chi connectivity index (χ2n) is 6.65. The maximum Gasteiger partial charge on any atom is 0.340 e. The van der Waals surface area contributed by atoms with Crippen molar-refractivity contribution in [3.8, 4) is 5.82 Å². The van der Waals surface area contributed by atoms with Crippen molar-refractivity contribution in [2.75, 3.05) is 6.54 Å². The average Bonchev–Trinajstić information content (AvgIpc) is 3.21. The second-order valence-corrected chi connectivity index (χ2v) is 6.65. The molecule has 1 N–H and O–H groups in total. The Labute approximate surface area is 152 Å². The molecule has 7 heteroatoms. The SMILES string of the molecule is CC(OC(=O)c1ccc(-n2cccn2)nc1)C(=O)NCC1CCCCC1. The molecule has 0 saturated heterocycles. The van der Waals surface area contributed by atoms with Crippen molar-refractivity contribution in [2.24, 2.45) is 5.92 Å². The summed E-state index contributed by atoms with van der Waals surface area (Å²) in [4.78, 5) is 28.5. The van der Waals surface area contributed by atoms with Crippen LogP contribution in [-0.4, -0.2) is 39.3 Å². The molecule has 3 rings (SSSR count). The van der Waals surface area contributed by atoms with E-state index in [2.05, 4.69) is 15.4 Å². The van der Waals surface area contributed by atoms with Gasteiger partial charge in [-0.15, -0.1) is 0 Å². The van der Waals surface area contributed by atoms with Crippen molar-refractivity contribution < 1.29 is 14.3 Å². The van der Waals surface area contributed by atoms with Gasteiger partial charge >= 0.3 is 5.97 Å². The number of carbonyl (C=O) groups excluding carboxylic acids is 2. The fourth-order valence-corrected chi connectivity index (χ4v) is 3.11. The topological polar surface area (TPSA) is 86.1 Å². The highest BCUT2D eigenvalue weighted by molar-refractivity contribution is 5.92. The zero-order valence-electron chi connectivity index (χ0n) is 14.9. The van der Waals surface area contributed by atoms with Gasteiger partial charge in [0, 0.05) is 25.1 Å². The molecule has 0 aromatic carbocycles. The van der Waals surface area contributed by atoms with E-state index < -0.39 is 12.1 Å². The van der Waals surface area contributed by atoms with Gasteiger partial charge in [-0.2, -0.15) is 5.10 Å². The first-order valence-electron chi connectivity index (χ1n) is 9.08. The number of hydrogen-bond acceptors (Lipinski definition) is 5. The molecule has 0 aliphatic heterocycles. The van der Waals surface area contributed by atoms with Gasteiger partial charge < -0.3 is 10.1 Å². The summed E-state index contributed by atoms with van der Waals surface area (Å²) in [6.07, 6.45) is 10.1. The predicted molar refractivity (Wildman–Crippen MR) is 95.8 cm³/mol. The Kier molecular flexibility index (Phi) is 5.99. The van der Waals surface area contributed by atoms with Crippen LogP contribution in [0.2, 0.25) is 0 Å². The lowest BCUT2D eigenvalue weighted by Gasteiger charge is -2.22. The molecule has 1 saturated carbocycles. The maximum atomic E-state index is 12.2. The molecule has 2 aromatic heterocycles. The van der Waals surface area contributed by atoms with E-state index in [0.29, 0.717) is 23.8 Å². The van der Waals surface area contributed by atoms with Gasteiger partial charge in [-0.3, -0.25) is 4.79 Å². The highest BCUT2D eigenvalue weighted by Crippen LogP contribution is 2.22. The summed E-state index contributed by atoms with van der Waals surface area (Å²) in [5.74, 6) is 0.314. The summed E-state index contributed by atoms with van der Waals surface area (Å²) < 4.78 is 6.85. The van der Waals surface area contributed by atoms with Crippen molar-refractivity contribution in [1.82, 2.24) is 20.1 Å². The quantitative estimate of drug-likeness (QED) is 0.804. The third-order valence-corrected chi connectivity index (χ3v) is 4.67. The van der Waals surface area contributed by atoms with Crippen LogP contribution in [-0.2, 0) is 9.53 Å². The van der Waals surface area contributed by atoms with Crippen LogP contribution in [0.4, 0.5) is 0 Å². The number of rotatable bonds is 6. The minimum Gasteiger partial charge on any atom is -0.449 e. The van der Waals surface area contributed by atoms with Crippen LogP contribution < -0.4 is 5.32 Å². The van der Waals surface area contributed by atoms with Crippen LogP contribution in [0, 0.1) is 5.92 Å². The average molecular weight is 356 g/mol. The second kappa shape index (κ2) is 8.60. The van der Waals surface area contributed by atoms with E-state index in [4.69, 9.17) is 4.74 Å². The number of pyridine rings is 1. The molecule has 1 fully saturated rings. The van der Waals surface area contributed by atoms with Crippen LogP contribution in [0.25, 0.3) is 5.82 Å². The van der Waals surface area contributed by atoms with Crippen LogP contribution in [0.5, 0.6) is 0 Å². The van der Waals surface area contributed by atoms with E-state index in [1.807, 2.05) is 0 Å². The first-order chi connectivity index (χ1) is 12.6. The summed E-state index contributed by atoms with van der Waals surface area (Å²) in [5.41, 5.74) is 0.299. The zero-order valence-corrected chi connectivity index (χ0v) is 14.9. The minimum atomic E-state index is -0.836. The third-order valence-electron chi connectivity index (χ3n) is 4.67. The molecule has 7 nitrogen and oxygen atoms in total. The summed E-state index contributed by atoms with van der Waals surface area (Å²) in [6, 6.07) is 5.08. The fourth-order valence-electron chi connectivity index (χ4n) is 3.11. The Morgan fingerprint density at radius 3 is 2.77 bits per heavy atom. The molecule has 26 heavy (non-hydrogen) atoms. The Balaban J connectivity index is 1.49.